The molecular formula is C27H25NO3. The number of carbonyl (C=O) groups excluding carboxylic acids is 1. The number of hydrogen-bond acceptors (Lipinski definition) is 2. The number of amides is 1. The largest absolute Gasteiger partial charge is 0.481 e. The number of carbonyl (C=O) groups is 2. The molecule has 0 radical (unpaired) electrons. The molecule has 4 atom stereocenters. The Hall–Kier alpha value is -3.66. The molecule has 0 aliphatic heterocycles. The van der Waals surface area contributed by atoms with Crippen molar-refractivity contribution in [3.63, 3.8) is 0 Å². The highest BCUT2D eigenvalue weighted by molar-refractivity contribution is 5.96. The monoisotopic (exact) mass is 411 g/mol. The Morgan fingerprint density at radius 2 is 1.29 bits per heavy atom. The molecule has 31 heavy (non-hydrogen) atoms. The first-order valence-corrected chi connectivity index (χ1v) is 10.4. The van der Waals surface area contributed by atoms with Gasteiger partial charge in [-0.05, 0) is 35.7 Å². The Morgan fingerprint density at radius 3 is 1.81 bits per heavy atom. The average molecular weight is 412 g/mol. The summed E-state index contributed by atoms with van der Waals surface area (Å²) >= 11 is 0. The summed E-state index contributed by atoms with van der Waals surface area (Å²) in [6, 6.07) is 26.7. The van der Waals surface area contributed by atoms with Gasteiger partial charge in [-0.1, -0.05) is 84.9 Å². The minimum absolute atomic E-state index is 0.280. The first kappa shape index (κ1) is 20.6. The lowest BCUT2D eigenvalue weighted by Gasteiger charge is -2.37. The zero-order chi connectivity index (χ0) is 21.8. The van der Waals surface area contributed by atoms with Crippen LogP contribution in [0.3, 0.4) is 0 Å². The van der Waals surface area contributed by atoms with Gasteiger partial charge in [-0.15, -0.1) is 0 Å². The summed E-state index contributed by atoms with van der Waals surface area (Å²) in [5.41, 5.74) is 3.52. The van der Waals surface area contributed by atoms with Crippen molar-refractivity contribution in [2.45, 2.75) is 18.8 Å². The second-order valence-electron chi connectivity index (χ2n) is 8.01. The van der Waals surface area contributed by atoms with Crippen molar-refractivity contribution in [2.75, 3.05) is 5.32 Å². The molecule has 1 aliphatic rings. The third-order valence-electron chi connectivity index (χ3n) is 5.93. The SMILES string of the molecule is Cc1cccc(NC(=O)[C@H]2[C@H](C(=O)O)[C@@H](c3ccccc3)C=C[C@H]2c2ccccc2)c1. The number of aryl methyl sites for hydroxylation is 1. The Bertz CT molecular complexity index is 1090. The van der Waals surface area contributed by atoms with Gasteiger partial charge in [0.1, 0.15) is 0 Å². The van der Waals surface area contributed by atoms with Crippen LogP contribution >= 0.6 is 0 Å². The van der Waals surface area contributed by atoms with E-state index >= 15 is 0 Å². The van der Waals surface area contributed by atoms with Gasteiger partial charge in [-0.3, -0.25) is 9.59 Å². The fourth-order valence-corrected chi connectivity index (χ4v) is 4.49. The van der Waals surface area contributed by atoms with Crippen LogP contribution in [-0.2, 0) is 9.59 Å². The lowest BCUT2D eigenvalue weighted by molar-refractivity contribution is -0.147. The number of nitrogens with one attached hydrogen (secondary N) is 1. The molecule has 4 heteroatoms. The van der Waals surface area contributed by atoms with Crippen LogP contribution in [0.15, 0.2) is 97.1 Å². The van der Waals surface area contributed by atoms with Gasteiger partial charge < -0.3 is 10.4 Å². The summed E-state index contributed by atoms with van der Waals surface area (Å²) in [6.07, 6.45) is 3.94. The van der Waals surface area contributed by atoms with Crippen molar-refractivity contribution >= 4 is 17.6 Å². The normalized spacial score (nSPS) is 22.6. The van der Waals surface area contributed by atoms with E-state index in [2.05, 4.69) is 5.32 Å². The Kier molecular flexibility index (Phi) is 5.99. The molecule has 0 saturated heterocycles. The van der Waals surface area contributed by atoms with Crippen LogP contribution in [0.4, 0.5) is 5.69 Å². The van der Waals surface area contributed by atoms with Crippen molar-refractivity contribution in [1.29, 1.82) is 0 Å². The molecule has 0 heterocycles. The van der Waals surface area contributed by atoms with Crippen molar-refractivity contribution < 1.29 is 14.7 Å². The number of anilines is 1. The number of rotatable bonds is 5. The molecule has 0 spiro atoms. The van der Waals surface area contributed by atoms with Crippen LogP contribution in [0.1, 0.15) is 28.5 Å². The topological polar surface area (TPSA) is 66.4 Å². The summed E-state index contributed by atoms with van der Waals surface area (Å²) in [5, 5.41) is 13.2. The van der Waals surface area contributed by atoms with Gasteiger partial charge in [0, 0.05) is 17.5 Å². The molecule has 156 valence electrons. The van der Waals surface area contributed by atoms with Crippen molar-refractivity contribution in [2.24, 2.45) is 11.8 Å². The molecule has 2 N–H and O–H groups in total. The summed E-state index contributed by atoms with van der Waals surface area (Å²) in [5.74, 6) is -3.60. The van der Waals surface area contributed by atoms with E-state index in [1.807, 2.05) is 104 Å². The highest BCUT2D eigenvalue weighted by Crippen LogP contribution is 2.45. The third kappa shape index (κ3) is 4.43. The van der Waals surface area contributed by atoms with E-state index in [1.54, 1.807) is 0 Å². The van der Waals surface area contributed by atoms with E-state index in [-0.39, 0.29) is 17.7 Å². The minimum atomic E-state index is -0.969. The van der Waals surface area contributed by atoms with Gasteiger partial charge in [-0.2, -0.15) is 0 Å². The van der Waals surface area contributed by atoms with Gasteiger partial charge in [0.2, 0.25) is 5.91 Å². The molecule has 4 nitrogen and oxygen atoms in total. The molecule has 0 unspecified atom stereocenters. The van der Waals surface area contributed by atoms with Crippen LogP contribution in [0.5, 0.6) is 0 Å². The maximum Gasteiger partial charge on any atom is 0.308 e. The average Bonchev–Trinajstić information content (AvgIpc) is 2.79. The zero-order valence-corrected chi connectivity index (χ0v) is 17.3. The number of carboxylic acids is 1. The van der Waals surface area contributed by atoms with Crippen LogP contribution in [0.2, 0.25) is 0 Å². The molecule has 0 saturated carbocycles. The van der Waals surface area contributed by atoms with E-state index < -0.39 is 17.8 Å². The van der Waals surface area contributed by atoms with Crippen LogP contribution < -0.4 is 5.32 Å². The molecule has 4 rings (SSSR count). The fourth-order valence-electron chi connectivity index (χ4n) is 4.49. The van der Waals surface area contributed by atoms with Crippen LogP contribution in [-0.4, -0.2) is 17.0 Å². The number of aliphatic carboxylic acids is 1. The van der Waals surface area contributed by atoms with Gasteiger partial charge in [0.25, 0.3) is 0 Å². The number of carboxylic acid groups (broad SMARTS) is 1. The van der Waals surface area contributed by atoms with E-state index in [0.29, 0.717) is 5.69 Å². The summed E-state index contributed by atoms with van der Waals surface area (Å²) in [7, 11) is 0. The van der Waals surface area contributed by atoms with E-state index in [1.165, 1.54) is 0 Å². The van der Waals surface area contributed by atoms with Crippen LogP contribution in [0.25, 0.3) is 0 Å². The van der Waals surface area contributed by atoms with E-state index in [0.717, 1.165) is 16.7 Å². The first-order valence-electron chi connectivity index (χ1n) is 10.4. The Morgan fingerprint density at radius 1 is 0.742 bits per heavy atom. The fraction of sp³-hybridized carbons (Fsp3) is 0.185. The molecule has 1 amide bonds. The standard InChI is InChI=1S/C27H25NO3/c1-18-9-8-14-21(17-18)28-26(29)24-22(19-10-4-2-5-11-19)15-16-23(25(24)27(30)31)20-12-6-3-7-13-20/h2-17,22-25H,1H3,(H,28,29)(H,30,31)/t22-,23+,24+,25+/m0/s1. The predicted molar refractivity (Wildman–Crippen MR) is 122 cm³/mol. The highest BCUT2D eigenvalue weighted by atomic mass is 16.4. The predicted octanol–water partition coefficient (Wildman–Crippen LogP) is 5.39. The van der Waals surface area contributed by atoms with Gasteiger partial charge >= 0.3 is 5.97 Å². The quantitative estimate of drug-likeness (QED) is 0.553. The molecular weight excluding hydrogens is 386 g/mol. The van der Waals surface area contributed by atoms with Gasteiger partial charge in [0.05, 0.1) is 11.8 Å². The number of allylic oxidation sites excluding steroid dienone is 2. The van der Waals surface area contributed by atoms with E-state index in [9.17, 15) is 14.7 Å². The smallest absolute Gasteiger partial charge is 0.308 e. The highest BCUT2D eigenvalue weighted by Gasteiger charge is 2.46. The van der Waals surface area contributed by atoms with E-state index in [4.69, 9.17) is 0 Å². The maximum atomic E-state index is 13.5. The Labute approximate surface area is 182 Å². The van der Waals surface area contributed by atoms with Crippen molar-refractivity contribution in [3.05, 3.63) is 114 Å². The van der Waals surface area contributed by atoms with Crippen molar-refractivity contribution in [3.8, 4) is 0 Å². The molecule has 3 aromatic rings. The van der Waals surface area contributed by atoms with Gasteiger partial charge in [-0.25, -0.2) is 0 Å². The summed E-state index contributed by atoms with van der Waals surface area (Å²) in [4.78, 5) is 26.1. The molecule has 3 aromatic carbocycles. The molecule has 0 fully saturated rings. The molecule has 0 aromatic heterocycles. The Balaban J connectivity index is 1.77. The first-order chi connectivity index (χ1) is 15.0. The lowest BCUT2D eigenvalue weighted by atomic mass is 9.66. The number of hydrogen-bond donors (Lipinski definition) is 2. The third-order valence-corrected chi connectivity index (χ3v) is 5.93. The van der Waals surface area contributed by atoms with Crippen molar-refractivity contribution in [1.82, 2.24) is 0 Å². The zero-order valence-electron chi connectivity index (χ0n) is 17.3. The summed E-state index contributed by atoms with van der Waals surface area (Å²) < 4.78 is 0. The molecule has 0 bridgehead atoms. The van der Waals surface area contributed by atoms with Crippen LogP contribution in [0, 0.1) is 18.8 Å². The summed E-state index contributed by atoms with van der Waals surface area (Å²) in [6.45, 7) is 1.96. The second-order valence-corrected chi connectivity index (χ2v) is 8.01. The maximum absolute atomic E-state index is 13.5. The molecule has 1 aliphatic carbocycles. The number of benzene rings is 3. The lowest BCUT2D eigenvalue weighted by Crippen LogP contribution is -2.42. The second kappa shape index (κ2) is 9.00. The minimum Gasteiger partial charge on any atom is -0.481 e. The van der Waals surface area contributed by atoms with Gasteiger partial charge in [0.15, 0.2) is 0 Å².